The van der Waals surface area contributed by atoms with Gasteiger partial charge in [0, 0.05) is 42.5 Å². The van der Waals surface area contributed by atoms with Crippen molar-refractivity contribution in [2.45, 2.75) is 19.8 Å². The van der Waals surface area contributed by atoms with Gasteiger partial charge in [-0.05, 0) is 36.8 Å². The Labute approximate surface area is 151 Å². The van der Waals surface area contributed by atoms with Gasteiger partial charge in [0.25, 0.3) is 11.8 Å². The number of benzene rings is 1. The Bertz CT molecular complexity index is 749. The summed E-state index contributed by atoms with van der Waals surface area (Å²) in [5, 5.41) is 7.62. The molecule has 1 fully saturated rings. The molecule has 0 unspecified atom stereocenters. The first-order chi connectivity index (χ1) is 12.1. The lowest BCUT2D eigenvalue weighted by Crippen LogP contribution is -2.50. The first kappa shape index (κ1) is 17.5. The molecule has 1 saturated heterocycles. The van der Waals surface area contributed by atoms with Crippen molar-refractivity contribution >= 4 is 23.4 Å². The van der Waals surface area contributed by atoms with Crippen LogP contribution >= 0.6 is 11.6 Å². The predicted molar refractivity (Wildman–Crippen MR) is 95.8 cm³/mol. The smallest absolute Gasteiger partial charge is 0.274 e. The van der Waals surface area contributed by atoms with Crippen LogP contribution in [0.5, 0.6) is 0 Å². The van der Waals surface area contributed by atoms with Crippen molar-refractivity contribution in [1.29, 1.82) is 0 Å². The summed E-state index contributed by atoms with van der Waals surface area (Å²) in [5.74, 6) is -0.119. The number of H-pyrrole nitrogens is 1. The quantitative estimate of drug-likeness (QED) is 0.911. The van der Waals surface area contributed by atoms with E-state index in [9.17, 15) is 9.59 Å². The van der Waals surface area contributed by atoms with Crippen molar-refractivity contribution in [1.82, 2.24) is 20.0 Å². The van der Waals surface area contributed by atoms with Gasteiger partial charge >= 0.3 is 0 Å². The number of rotatable bonds is 4. The van der Waals surface area contributed by atoms with Gasteiger partial charge in [0.05, 0.1) is 0 Å². The summed E-state index contributed by atoms with van der Waals surface area (Å²) in [6, 6.07) is 8.68. The number of halogens is 1. The van der Waals surface area contributed by atoms with Crippen LogP contribution in [0.25, 0.3) is 0 Å². The summed E-state index contributed by atoms with van der Waals surface area (Å²) in [6.45, 7) is 4.13. The number of aromatic nitrogens is 2. The number of carbonyl (C=O) groups is 2. The van der Waals surface area contributed by atoms with Gasteiger partial charge in [0.2, 0.25) is 0 Å². The molecule has 2 aromatic rings. The van der Waals surface area contributed by atoms with E-state index >= 15 is 0 Å². The maximum Gasteiger partial charge on any atom is 0.274 e. The lowest BCUT2D eigenvalue weighted by Gasteiger charge is -2.34. The van der Waals surface area contributed by atoms with Gasteiger partial charge in [-0.2, -0.15) is 5.10 Å². The standard InChI is InChI=1S/C18H21ClN4O2/c1-2-3-15-12-16(21-20-15)18(25)23-10-8-22(9-11-23)17(24)13-4-6-14(19)7-5-13/h4-7,12H,2-3,8-11H2,1H3,(H,20,21). The molecule has 2 heterocycles. The second-order valence-electron chi connectivity index (χ2n) is 6.12. The lowest BCUT2D eigenvalue weighted by atomic mass is 10.1. The molecule has 0 aliphatic carbocycles. The number of hydrogen-bond donors (Lipinski definition) is 1. The third-order valence-electron chi connectivity index (χ3n) is 4.31. The average Bonchev–Trinajstić information content (AvgIpc) is 3.10. The van der Waals surface area contributed by atoms with E-state index in [0.29, 0.717) is 42.5 Å². The molecule has 1 aliphatic rings. The molecule has 0 radical (unpaired) electrons. The Kier molecular flexibility index (Phi) is 5.38. The fraction of sp³-hybridized carbons (Fsp3) is 0.389. The van der Waals surface area contributed by atoms with Gasteiger partial charge in [-0.25, -0.2) is 0 Å². The molecule has 3 rings (SSSR count). The number of hydrogen-bond acceptors (Lipinski definition) is 3. The van der Waals surface area contributed by atoms with Crippen LogP contribution in [0, 0.1) is 0 Å². The summed E-state index contributed by atoms with van der Waals surface area (Å²) in [4.78, 5) is 28.5. The van der Waals surface area contributed by atoms with Gasteiger partial charge in [-0.3, -0.25) is 14.7 Å². The van der Waals surface area contributed by atoms with E-state index in [1.807, 2.05) is 6.07 Å². The molecule has 1 N–H and O–H groups in total. The Morgan fingerprint density at radius 1 is 1.08 bits per heavy atom. The molecule has 7 heteroatoms. The molecule has 1 aromatic carbocycles. The molecule has 0 saturated carbocycles. The molecule has 6 nitrogen and oxygen atoms in total. The van der Waals surface area contributed by atoms with E-state index in [-0.39, 0.29) is 11.8 Å². The Balaban J connectivity index is 1.58. The van der Waals surface area contributed by atoms with Gasteiger partial charge in [0.15, 0.2) is 0 Å². The van der Waals surface area contributed by atoms with E-state index in [1.54, 1.807) is 34.1 Å². The first-order valence-electron chi connectivity index (χ1n) is 8.47. The zero-order valence-corrected chi connectivity index (χ0v) is 14.9. The molecule has 0 atom stereocenters. The summed E-state index contributed by atoms with van der Waals surface area (Å²) in [5.41, 5.74) is 2.03. The number of aromatic amines is 1. The van der Waals surface area contributed by atoms with Crippen LogP contribution in [0.1, 0.15) is 39.9 Å². The number of nitrogens with zero attached hydrogens (tertiary/aromatic N) is 3. The van der Waals surface area contributed by atoms with Crippen LogP contribution in [-0.2, 0) is 6.42 Å². The maximum absolute atomic E-state index is 12.5. The second-order valence-corrected chi connectivity index (χ2v) is 6.56. The Morgan fingerprint density at radius 3 is 2.28 bits per heavy atom. The number of nitrogens with one attached hydrogen (secondary N) is 1. The highest BCUT2D eigenvalue weighted by Gasteiger charge is 2.26. The van der Waals surface area contributed by atoms with Gasteiger partial charge in [0.1, 0.15) is 5.69 Å². The average molecular weight is 361 g/mol. The molecule has 0 spiro atoms. The highest BCUT2D eigenvalue weighted by Crippen LogP contribution is 2.14. The largest absolute Gasteiger partial charge is 0.335 e. The van der Waals surface area contributed by atoms with Crippen molar-refractivity contribution in [3.05, 3.63) is 52.3 Å². The van der Waals surface area contributed by atoms with Crippen molar-refractivity contribution in [2.24, 2.45) is 0 Å². The van der Waals surface area contributed by atoms with Gasteiger partial charge in [-0.1, -0.05) is 24.9 Å². The summed E-state index contributed by atoms with van der Waals surface area (Å²) in [7, 11) is 0. The fourth-order valence-electron chi connectivity index (χ4n) is 2.92. The molecule has 1 aliphatic heterocycles. The van der Waals surface area contributed by atoms with Gasteiger partial charge < -0.3 is 9.80 Å². The molecular weight excluding hydrogens is 340 g/mol. The van der Waals surface area contributed by atoms with E-state index in [0.717, 1.165) is 18.5 Å². The maximum atomic E-state index is 12.5. The van der Waals surface area contributed by atoms with E-state index in [4.69, 9.17) is 11.6 Å². The lowest BCUT2D eigenvalue weighted by molar-refractivity contribution is 0.0532. The van der Waals surface area contributed by atoms with E-state index in [1.165, 1.54) is 0 Å². The van der Waals surface area contributed by atoms with Crippen LogP contribution in [0.15, 0.2) is 30.3 Å². The van der Waals surface area contributed by atoms with Crippen LogP contribution < -0.4 is 0 Å². The molecule has 1 aromatic heterocycles. The highest BCUT2D eigenvalue weighted by molar-refractivity contribution is 6.30. The third-order valence-corrected chi connectivity index (χ3v) is 4.57. The van der Waals surface area contributed by atoms with E-state index < -0.39 is 0 Å². The number of amides is 2. The van der Waals surface area contributed by atoms with Crippen LogP contribution in [0.2, 0.25) is 5.02 Å². The number of aryl methyl sites for hydroxylation is 1. The normalized spacial score (nSPS) is 14.6. The van der Waals surface area contributed by atoms with Crippen molar-refractivity contribution in [3.8, 4) is 0 Å². The molecular formula is C18H21ClN4O2. The number of piperazine rings is 1. The molecule has 132 valence electrons. The molecule has 25 heavy (non-hydrogen) atoms. The van der Waals surface area contributed by atoms with E-state index in [2.05, 4.69) is 17.1 Å². The topological polar surface area (TPSA) is 69.3 Å². The predicted octanol–water partition coefficient (Wildman–Crippen LogP) is 2.61. The Hall–Kier alpha value is -2.34. The van der Waals surface area contributed by atoms with Crippen LogP contribution in [0.3, 0.4) is 0 Å². The minimum atomic E-state index is -0.0859. The van der Waals surface area contributed by atoms with Gasteiger partial charge in [-0.15, -0.1) is 0 Å². The highest BCUT2D eigenvalue weighted by atomic mass is 35.5. The first-order valence-corrected chi connectivity index (χ1v) is 8.84. The van der Waals surface area contributed by atoms with Crippen molar-refractivity contribution < 1.29 is 9.59 Å². The molecule has 0 bridgehead atoms. The minimum Gasteiger partial charge on any atom is -0.335 e. The van der Waals surface area contributed by atoms with Crippen molar-refractivity contribution in [3.63, 3.8) is 0 Å². The Morgan fingerprint density at radius 2 is 1.68 bits per heavy atom. The fourth-order valence-corrected chi connectivity index (χ4v) is 3.04. The summed E-state index contributed by atoms with van der Waals surface area (Å²) >= 11 is 5.86. The zero-order chi connectivity index (χ0) is 17.8. The minimum absolute atomic E-state index is 0.0335. The molecule has 2 amide bonds. The van der Waals surface area contributed by atoms with Crippen LogP contribution in [0.4, 0.5) is 0 Å². The monoisotopic (exact) mass is 360 g/mol. The summed E-state index contributed by atoms with van der Waals surface area (Å²) in [6.07, 6.45) is 1.88. The second kappa shape index (κ2) is 7.70. The van der Waals surface area contributed by atoms with Crippen LogP contribution in [-0.4, -0.2) is 58.0 Å². The number of carbonyl (C=O) groups excluding carboxylic acids is 2. The zero-order valence-electron chi connectivity index (χ0n) is 14.2. The SMILES string of the molecule is CCCc1cc(C(=O)N2CCN(C(=O)c3ccc(Cl)cc3)CC2)n[nH]1. The van der Waals surface area contributed by atoms with Crippen molar-refractivity contribution in [2.75, 3.05) is 26.2 Å². The summed E-state index contributed by atoms with van der Waals surface area (Å²) < 4.78 is 0. The third kappa shape index (κ3) is 4.02.